The largest absolute Gasteiger partial charge is 0.392 e. The Morgan fingerprint density at radius 2 is 1.97 bits per heavy atom. The Bertz CT molecular complexity index is 743. The van der Waals surface area contributed by atoms with Crippen molar-refractivity contribution >= 4 is 17.2 Å². The molecule has 1 saturated heterocycles. The van der Waals surface area contributed by atoms with E-state index in [0.717, 1.165) is 56.0 Å². The average Bonchev–Trinajstić information content (AvgIpc) is 3.27. The van der Waals surface area contributed by atoms with Crippen molar-refractivity contribution < 1.29 is 9.90 Å². The molecule has 164 valence electrons. The van der Waals surface area contributed by atoms with Crippen LogP contribution >= 0.6 is 11.3 Å². The van der Waals surface area contributed by atoms with Gasteiger partial charge in [0, 0.05) is 30.9 Å². The van der Waals surface area contributed by atoms with E-state index in [1.165, 1.54) is 0 Å². The van der Waals surface area contributed by atoms with E-state index in [9.17, 15) is 9.90 Å². The van der Waals surface area contributed by atoms with Gasteiger partial charge in [-0.25, -0.2) is 0 Å². The molecule has 2 atom stereocenters. The SMILES string of the molecule is CC(O)CN1CCC(CN(C)CCC(=O)NC(c2ccccc2)c2cccs2)CC1. The normalized spacial score (nSPS) is 17.7. The van der Waals surface area contributed by atoms with E-state index in [4.69, 9.17) is 0 Å². The van der Waals surface area contributed by atoms with Crippen LogP contribution in [0.5, 0.6) is 0 Å². The minimum Gasteiger partial charge on any atom is -0.392 e. The van der Waals surface area contributed by atoms with Gasteiger partial charge < -0.3 is 20.2 Å². The van der Waals surface area contributed by atoms with Crippen LogP contribution in [0.25, 0.3) is 0 Å². The van der Waals surface area contributed by atoms with Crippen LogP contribution in [0.15, 0.2) is 47.8 Å². The first-order chi connectivity index (χ1) is 14.5. The molecule has 2 aromatic rings. The first-order valence-corrected chi connectivity index (χ1v) is 11.9. The molecular weight excluding hydrogens is 394 g/mol. The summed E-state index contributed by atoms with van der Waals surface area (Å²) in [5.74, 6) is 0.766. The van der Waals surface area contributed by atoms with Crippen molar-refractivity contribution in [3.05, 3.63) is 58.3 Å². The molecule has 3 rings (SSSR count). The molecular formula is C24H35N3O2S. The number of benzene rings is 1. The molecule has 1 aliphatic heterocycles. The topological polar surface area (TPSA) is 55.8 Å². The number of rotatable bonds is 10. The van der Waals surface area contributed by atoms with Crippen molar-refractivity contribution in [1.82, 2.24) is 15.1 Å². The summed E-state index contributed by atoms with van der Waals surface area (Å²) in [7, 11) is 2.11. The van der Waals surface area contributed by atoms with Crippen LogP contribution in [0, 0.1) is 5.92 Å². The number of nitrogens with one attached hydrogen (secondary N) is 1. The Balaban J connectivity index is 1.43. The molecule has 1 amide bonds. The molecule has 5 nitrogen and oxygen atoms in total. The summed E-state index contributed by atoms with van der Waals surface area (Å²) in [5, 5.41) is 14.8. The number of aliphatic hydroxyl groups excluding tert-OH is 1. The highest BCUT2D eigenvalue weighted by Gasteiger charge is 2.22. The van der Waals surface area contributed by atoms with Gasteiger partial charge in [0.1, 0.15) is 0 Å². The number of hydrogen-bond donors (Lipinski definition) is 2. The third-order valence-corrected chi connectivity index (χ3v) is 6.72. The first kappa shape index (κ1) is 22.9. The van der Waals surface area contributed by atoms with Crippen LogP contribution in [-0.2, 0) is 4.79 Å². The monoisotopic (exact) mass is 429 g/mol. The van der Waals surface area contributed by atoms with Gasteiger partial charge in [0.05, 0.1) is 12.1 Å². The summed E-state index contributed by atoms with van der Waals surface area (Å²) >= 11 is 1.67. The molecule has 6 heteroatoms. The lowest BCUT2D eigenvalue weighted by molar-refractivity contribution is -0.121. The highest BCUT2D eigenvalue weighted by Crippen LogP contribution is 2.26. The lowest BCUT2D eigenvalue weighted by Crippen LogP contribution is -2.41. The molecule has 1 aliphatic rings. The van der Waals surface area contributed by atoms with Gasteiger partial charge in [-0.1, -0.05) is 36.4 Å². The number of carbonyl (C=O) groups is 1. The number of piperidine rings is 1. The molecule has 2 unspecified atom stereocenters. The quantitative estimate of drug-likeness (QED) is 0.608. The summed E-state index contributed by atoms with van der Waals surface area (Å²) in [5.41, 5.74) is 1.12. The van der Waals surface area contributed by atoms with Crippen LogP contribution in [0.2, 0.25) is 0 Å². The minimum absolute atomic E-state index is 0.0812. The third-order valence-electron chi connectivity index (χ3n) is 5.79. The number of likely N-dealkylation sites (tertiary alicyclic amines) is 1. The van der Waals surface area contributed by atoms with Gasteiger partial charge in [-0.15, -0.1) is 11.3 Å². The Hall–Kier alpha value is -1.73. The lowest BCUT2D eigenvalue weighted by Gasteiger charge is -2.34. The maximum Gasteiger partial charge on any atom is 0.222 e. The predicted octanol–water partition coefficient (Wildman–Crippen LogP) is 3.37. The first-order valence-electron chi connectivity index (χ1n) is 11.0. The molecule has 2 heterocycles. The predicted molar refractivity (Wildman–Crippen MR) is 124 cm³/mol. The summed E-state index contributed by atoms with van der Waals surface area (Å²) in [6.07, 6.45) is 2.58. The summed E-state index contributed by atoms with van der Waals surface area (Å²) < 4.78 is 0. The van der Waals surface area contributed by atoms with E-state index >= 15 is 0 Å². The maximum absolute atomic E-state index is 12.7. The van der Waals surface area contributed by atoms with E-state index in [1.54, 1.807) is 11.3 Å². The van der Waals surface area contributed by atoms with Crippen molar-refractivity contribution in [3.8, 4) is 0 Å². The van der Waals surface area contributed by atoms with E-state index in [-0.39, 0.29) is 18.1 Å². The molecule has 30 heavy (non-hydrogen) atoms. The molecule has 0 radical (unpaired) electrons. The Labute approximate surface area is 184 Å². The highest BCUT2D eigenvalue weighted by molar-refractivity contribution is 7.10. The van der Waals surface area contributed by atoms with E-state index < -0.39 is 0 Å². The third kappa shape index (κ3) is 7.20. The summed E-state index contributed by atoms with van der Waals surface area (Å²) in [6.45, 7) is 6.54. The van der Waals surface area contributed by atoms with Crippen LogP contribution in [0.4, 0.5) is 0 Å². The molecule has 1 aromatic heterocycles. The molecule has 2 N–H and O–H groups in total. The standard InChI is InChI=1S/C24H35N3O2S/c1-19(28)17-27-14-10-20(11-15-27)18-26(2)13-12-23(29)25-24(22-9-6-16-30-22)21-7-4-3-5-8-21/h3-9,16,19-20,24,28H,10-15,17-18H2,1-2H3,(H,25,29). The fraction of sp³-hybridized carbons (Fsp3) is 0.542. The van der Waals surface area contributed by atoms with Crippen molar-refractivity contribution in [2.75, 3.05) is 39.8 Å². The number of hydrogen-bond acceptors (Lipinski definition) is 5. The van der Waals surface area contributed by atoms with Crippen molar-refractivity contribution in [1.29, 1.82) is 0 Å². The van der Waals surface area contributed by atoms with Gasteiger partial charge in [0.25, 0.3) is 0 Å². The van der Waals surface area contributed by atoms with Crippen molar-refractivity contribution in [2.24, 2.45) is 5.92 Å². The van der Waals surface area contributed by atoms with Crippen LogP contribution < -0.4 is 5.32 Å². The second-order valence-corrected chi connectivity index (χ2v) is 9.51. The number of β-amino-alcohol motifs (C(OH)–C–C–N with tert-alkyl or cyclic N) is 1. The zero-order valence-corrected chi connectivity index (χ0v) is 19.0. The Morgan fingerprint density at radius 3 is 2.60 bits per heavy atom. The minimum atomic E-state index is -0.253. The van der Waals surface area contributed by atoms with E-state index in [0.29, 0.717) is 12.3 Å². The fourth-order valence-electron chi connectivity index (χ4n) is 4.20. The molecule has 0 spiro atoms. The Morgan fingerprint density at radius 1 is 1.23 bits per heavy atom. The number of nitrogens with zero attached hydrogens (tertiary/aromatic N) is 2. The van der Waals surface area contributed by atoms with Gasteiger partial charge in [-0.3, -0.25) is 4.79 Å². The second-order valence-electron chi connectivity index (χ2n) is 8.53. The maximum atomic E-state index is 12.7. The van der Waals surface area contributed by atoms with Crippen LogP contribution in [0.1, 0.15) is 42.7 Å². The average molecular weight is 430 g/mol. The summed E-state index contributed by atoms with van der Waals surface area (Å²) in [6, 6.07) is 14.2. The smallest absolute Gasteiger partial charge is 0.222 e. The van der Waals surface area contributed by atoms with Gasteiger partial charge in [0.15, 0.2) is 0 Å². The second kappa shape index (κ2) is 11.6. The molecule has 0 aliphatic carbocycles. The number of carbonyl (C=O) groups excluding carboxylic acids is 1. The van der Waals surface area contributed by atoms with Crippen molar-refractivity contribution in [3.63, 3.8) is 0 Å². The zero-order valence-electron chi connectivity index (χ0n) is 18.2. The number of amides is 1. The molecule has 0 bridgehead atoms. The highest BCUT2D eigenvalue weighted by atomic mass is 32.1. The number of thiophene rings is 1. The van der Waals surface area contributed by atoms with Crippen molar-refractivity contribution in [2.45, 2.75) is 38.3 Å². The fourth-order valence-corrected chi connectivity index (χ4v) is 5.01. The number of aliphatic hydroxyl groups is 1. The van der Waals surface area contributed by atoms with Crippen LogP contribution in [-0.4, -0.2) is 66.7 Å². The zero-order chi connectivity index (χ0) is 21.3. The summed E-state index contributed by atoms with van der Waals surface area (Å²) in [4.78, 5) is 18.5. The van der Waals surface area contributed by atoms with E-state index in [1.807, 2.05) is 31.2 Å². The van der Waals surface area contributed by atoms with Crippen LogP contribution in [0.3, 0.4) is 0 Å². The van der Waals surface area contributed by atoms with Gasteiger partial charge in [-0.2, -0.15) is 0 Å². The Kier molecular flexibility index (Phi) is 8.88. The molecule has 1 aromatic carbocycles. The lowest BCUT2D eigenvalue weighted by atomic mass is 9.96. The van der Waals surface area contributed by atoms with Gasteiger partial charge >= 0.3 is 0 Å². The molecule has 1 fully saturated rings. The van der Waals surface area contributed by atoms with E-state index in [2.05, 4.69) is 45.7 Å². The molecule has 0 saturated carbocycles. The van der Waals surface area contributed by atoms with Gasteiger partial charge in [0.2, 0.25) is 5.91 Å². The van der Waals surface area contributed by atoms with Gasteiger partial charge in [-0.05, 0) is 62.8 Å².